The van der Waals surface area contributed by atoms with Gasteiger partial charge in [0.15, 0.2) is 0 Å². The second-order valence-electron chi connectivity index (χ2n) is 3.30. The zero-order chi connectivity index (χ0) is 11.5. The van der Waals surface area contributed by atoms with Crippen LogP contribution in [0.2, 0.25) is 0 Å². The first-order valence-corrected chi connectivity index (χ1v) is 7.14. The molecule has 1 N–H and O–H groups in total. The van der Waals surface area contributed by atoms with Crippen molar-refractivity contribution in [3.05, 3.63) is 34.3 Å². The van der Waals surface area contributed by atoms with Crippen molar-refractivity contribution >= 4 is 26.0 Å². The Morgan fingerprint density at radius 3 is 2.67 bits per heavy atom. The number of halogens is 1. The predicted octanol–water partition coefficient (Wildman–Crippen LogP) is 2.45. The van der Waals surface area contributed by atoms with E-state index in [9.17, 15) is 8.42 Å². The summed E-state index contributed by atoms with van der Waals surface area (Å²) in [6, 6.07) is 7.39. The SMILES string of the molecule is CCS(=O)(=O)N[C@@H](C)c1cccc(Br)c1. The topological polar surface area (TPSA) is 46.2 Å². The number of hydrogen-bond donors (Lipinski definition) is 1. The number of hydrogen-bond acceptors (Lipinski definition) is 2. The van der Waals surface area contributed by atoms with Gasteiger partial charge in [-0.3, -0.25) is 0 Å². The standard InChI is InChI=1S/C10H14BrNO2S/c1-3-15(13,14)12-8(2)9-5-4-6-10(11)7-9/h4-8,12H,3H2,1-2H3/t8-/m0/s1. The molecule has 3 nitrogen and oxygen atoms in total. The first kappa shape index (κ1) is 12.7. The van der Waals surface area contributed by atoms with Crippen LogP contribution in [0.25, 0.3) is 0 Å². The summed E-state index contributed by atoms with van der Waals surface area (Å²) in [4.78, 5) is 0. The van der Waals surface area contributed by atoms with Crippen LogP contribution < -0.4 is 4.72 Å². The molecule has 0 bridgehead atoms. The Bertz CT molecular complexity index is 431. The fraction of sp³-hybridized carbons (Fsp3) is 0.400. The van der Waals surface area contributed by atoms with Crippen LogP contribution >= 0.6 is 15.9 Å². The monoisotopic (exact) mass is 291 g/mol. The van der Waals surface area contributed by atoms with Crippen LogP contribution in [-0.2, 0) is 10.0 Å². The molecule has 1 atom stereocenters. The number of rotatable bonds is 4. The molecule has 0 radical (unpaired) electrons. The minimum absolute atomic E-state index is 0.103. The van der Waals surface area contributed by atoms with Gasteiger partial charge < -0.3 is 0 Å². The Balaban J connectivity index is 2.82. The molecule has 0 aliphatic heterocycles. The average Bonchev–Trinajstić information content (AvgIpc) is 2.17. The second-order valence-corrected chi connectivity index (χ2v) is 6.26. The number of nitrogens with one attached hydrogen (secondary N) is 1. The van der Waals surface area contributed by atoms with Crippen molar-refractivity contribution in [2.24, 2.45) is 0 Å². The van der Waals surface area contributed by atoms with E-state index in [-0.39, 0.29) is 11.8 Å². The molecular formula is C10H14BrNO2S. The quantitative estimate of drug-likeness (QED) is 0.926. The lowest BCUT2D eigenvalue weighted by Gasteiger charge is -2.13. The molecular weight excluding hydrogens is 278 g/mol. The van der Waals surface area contributed by atoms with E-state index in [2.05, 4.69) is 20.7 Å². The lowest BCUT2D eigenvalue weighted by atomic mass is 10.1. The van der Waals surface area contributed by atoms with E-state index in [1.165, 1.54) is 0 Å². The van der Waals surface area contributed by atoms with Crippen LogP contribution in [0.5, 0.6) is 0 Å². The smallest absolute Gasteiger partial charge is 0.211 e. The highest BCUT2D eigenvalue weighted by atomic mass is 79.9. The third-order valence-corrected chi connectivity index (χ3v) is 4.05. The Hall–Kier alpha value is -0.390. The maximum absolute atomic E-state index is 11.3. The Morgan fingerprint density at radius 2 is 2.13 bits per heavy atom. The van der Waals surface area contributed by atoms with E-state index in [0.29, 0.717) is 0 Å². The summed E-state index contributed by atoms with van der Waals surface area (Å²) in [5.74, 6) is 0.103. The normalized spacial score (nSPS) is 13.8. The third kappa shape index (κ3) is 3.93. The molecule has 15 heavy (non-hydrogen) atoms. The average molecular weight is 292 g/mol. The fourth-order valence-electron chi connectivity index (χ4n) is 1.20. The Kier molecular flexibility index (Phi) is 4.31. The second kappa shape index (κ2) is 5.09. The van der Waals surface area contributed by atoms with Crippen molar-refractivity contribution < 1.29 is 8.42 Å². The molecule has 0 fully saturated rings. The van der Waals surface area contributed by atoms with Crippen LogP contribution in [0.1, 0.15) is 25.5 Å². The molecule has 0 spiro atoms. The lowest BCUT2D eigenvalue weighted by Crippen LogP contribution is -2.28. The molecule has 0 heterocycles. The summed E-state index contributed by atoms with van der Waals surface area (Å²) in [5, 5.41) is 0. The van der Waals surface area contributed by atoms with Crippen molar-refractivity contribution in [1.29, 1.82) is 0 Å². The number of sulfonamides is 1. The first-order valence-electron chi connectivity index (χ1n) is 4.70. The zero-order valence-electron chi connectivity index (χ0n) is 8.70. The van der Waals surface area contributed by atoms with Crippen LogP contribution in [0.15, 0.2) is 28.7 Å². The Morgan fingerprint density at radius 1 is 1.47 bits per heavy atom. The Labute approximate surface area is 99.1 Å². The first-order chi connectivity index (χ1) is 6.94. The van der Waals surface area contributed by atoms with E-state index in [0.717, 1.165) is 10.0 Å². The van der Waals surface area contributed by atoms with Gasteiger partial charge in [-0.25, -0.2) is 13.1 Å². The van der Waals surface area contributed by atoms with E-state index in [4.69, 9.17) is 0 Å². The highest BCUT2D eigenvalue weighted by molar-refractivity contribution is 9.10. The van der Waals surface area contributed by atoms with Gasteiger partial charge in [-0.15, -0.1) is 0 Å². The van der Waals surface area contributed by atoms with Crippen LogP contribution in [0.3, 0.4) is 0 Å². The van der Waals surface area contributed by atoms with Gasteiger partial charge in [0.2, 0.25) is 10.0 Å². The van der Waals surface area contributed by atoms with E-state index < -0.39 is 10.0 Å². The molecule has 0 amide bonds. The molecule has 0 saturated heterocycles. The molecule has 0 aliphatic carbocycles. The van der Waals surface area contributed by atoms with Crippen LogP contribution in [0.4, 0.5) is 0 Å². The third-order valence-electron chi connectivity index (χ3n) is 2.09. The maximum Gasteiger partial charge on any atom is 0.211 e. The summed E-state index contributed by atoms with van der Waals surface area (Å²) in [7, 11) is -3.15. The molecule has 1 rings (SSSR count). The van der Waals surface area contributed by atoms with E-state index >= 15 is 0 Å². The maximum atomic E-state index is 11.3. The van der Waals surface area contributed by atoms with Gasteiger partial charge in [0.25, 0.3) is 0 Å². The summed E-state index contributed by atoms with van der Waals surface area (Å²) in [6.07, 6.45) is 0. The van der Waals surface area contributed by atoms with Crippen molar-refractivity contribution in [1.82, 2.24) is 4.72 Å². The summed E-state index contributed by atoms with van der Waals surface area (Å²) >= 11 is 3.35. The van der Waals surface area contributed by atoms with Gasteiger partial charge in [-0.05, 0) is 31.5 Å². The molecule has 1 aromatic carbocycles. The van der Waals surface area contributed by atoms with E-state index in [1.54, 1.807) is 6.92 Å². The van der Waals surface area contributed by atoms with E-state index in [1.807, 2.05) is 31.2 Å². The molecule has 0 aromatic heterocycles. The van der Waals surface area contributed by atoms with Crippen molar-refractivity contribution in [2.45, 2.75) is 19.9 Å². The minimum Gasteiger partial charge on any atom is -0.212 e. The highest BCUT2D eigenvalue weighted by Gasteiger charge is 2.13. The lowest BCUT2D eigenvalue weighted by molar-refractivity contribution is 0.568. The molecule has 0 aliphatic rings. The van der Waals surface area contributed by atoms with Crippen molar-refractivity contribution in [3.8, 4) is 0 Å². The van der Waals surface area contributed by atoms with Gasteiger partial charge in [0, 0.05) is 10.5 Å². The van der Waals surface area contributed by atoms with Crippen molar-refractivity contribution in [2.75, 3.05) is 5.75 Å². The molecule has 5 heteroatoms. The van der Waals surface area contributed by atoms with Crippen LogP contribution in [0, 0.1) is 0 Å². The van der Waals surface area contributed by atoms with Gasteiger partial charge in [-0.1, -0.05) is 28.1 Å². The minimum atomic E-state index is -3.15. The predicted molar refractivity (Wildman–Crippen MR) is 65.2 cm³/mol. The highest BCUT2D eigenvalue weighted by Crippen LogP contribution is 2.18. The summed E-state index contributed by atoms with van der Waals surface area (Å²) in [5.41, 5.74) is 0.946. The fourth-order valence-corrected chi connectivity index (χ4v) is 2.46. The largest absolute Gasteiger partial charge is 0.212 e. The summed E-state index contributed by atoms with van der Waals surface area (Å²) < 4.78 is 26.2. The molecule has 1 aromatic rings. The van der Waals surface area contributed by atoms with Gasteiger partial charge in [0.05, 0.1) is 5.75 Å². The van der Waals surface area contributed by atoms with Crippen LogP contribution in [-0.4, -0.2) is 14.2 Å². The summed E-state index contributed by atoms with van der Waals surface area (Å²) in [6.45, 7) is 3.45. The van der Waals surface area contributed by atoms with Crippen molar-refractivity contribution in [3.63, 3.8) is 0 Å². The van der Waals surface area contributed by atoms with Gasteiger partial charge in [0.1, 0.15) is 0 Å². The van der Waals surface area contributed by atoms with Gasteiger partial charge >= 0.3 is 0 Å². The molecule has 0 unspecified atom stereocenters. The van der Waals surface area contributed by atoms with Gasteiger partial charge in [-0.2, -0.15) is 0 Å². The molecule has 84 valence electrons. The number of benzene rings is 1. The zero-order valence-corrected chi connectivity index (χ0v) is 11.1. The molecule has 0 saturated carbocycles.